The van der Waals surface area contributed by atoms with E-state index in [1.807, 2.05) is 13.8 Å². The van der Waals surface area contributed by atoms with Crippen LogP contribution in [0.15, 0.2) is 0 Å². The van der Waals surface area contributed by atoms with Crippen LogP contribution in [0.2, 0.25) is 0 Å². The standard InChI is InChI=1S/C10H20FN/c1-9(2)8-12-6-4-10(3,11)5-7-12/h9H,4-8H2,1-3H3/i8D2. The monoisotopic (exact) mass is 175 g/mol. The average Bonchev–Trinajstić information content (AvgIpc) is 2.03. The van der Waals surface area contributed by atoms with Gasteiger partial charge in [-0.1, -0.05) is 13.8 Å². The molecule has 0 aromatic carbocycles. The molecule has 1 rings (SSSR count). The molecule has 72 valence electrons. The topological polar surface area (TPSA) is 3.24 Å². The highest BCUT2D eigenvalue weighted by Gasteiger charge is 2.29. The minimum atomic E-state index is -1.30. The smallest absolute Gasteiger partial charge is 0.110 e. The first-order chi connectivity index (χ1) is 6.26. The van der Waals surface area contributed by atoms with Gasteiger partial charge in [-0.3, -0.25) is 0 Å². The molecule has 12 heavy (non-hydrogen) atoms. The lowest BCUT2D eigenvalue weighted by atomic mass is 9.95. The van der Waals surface area contributed by atoms with Crippen LogP contribution in [0.25, 0.3) is 0 Å². The molecule has 0 radical (unpaired) electrons. The third-order valence-electron chi connectivity index (χ3n) is 2.25. The number of piperidine rings is 1. The molecular weight excluding hydrogens is 153 g/mol. The molecule has 0 aromatic rings. The second-order valence-corrected chi connectivity index (χ2v) is 4.18. The maximum absolute atomic E-state index is 13.5. The molecule has 0 amide bonds. The van der Waals surface area contributed by atoms with Gasteiger partial charge in [0, 0.05) is 22.3 Å². The van der Waals surface area contributed by atoms with Crippen molar-refractivity contribution in [1.82, 2.24) is 4.90 Å². The van der Waals surface area contributed by atoms with E-state index in [2.05, 4.69) is 0 Å². The summed E-state index contributed by atoms with van der Waals surface area (Å²) in [6.07, 6.45) is 0.887. The number of likely N-dealkylation sites (tertiary alicyclic amines) is 1. The molecule has 0 unspecified atom stereocenters. The van der Waals surface area contributed by atoms with Crippen molar-refractivity contribution in [2.75, 3.05) is 19.6 Å². The van der Waals surface area contributed by atoms with Gasteiger partial charge in [-0.25, -0.2) is 4.39 Å². The lowest BCUT2D eigenvalue weighted by Gasteiger charge is -2.34. The zero-order valence-electron chi connectivity index (χ0n) is 10.2. The van der Waals surface area contributed by atoms with E-state index in [4.69, 9.17) is 2.74 Å². The van der Waals surface area contributed by atoms with E-state index < -0.39 is 12.2 Å². The molecule has 1 aliphatic rings. The molecule has 1 heterocycles. The van der Waals surface area contributed by atoms with Gasteiger partial charge in [-0.15, -0.1) is 0 Å². The Morgan fingerprint density at radius 2 is 2.00 bits per heavy atom. The largest absolute Gasteiger partial charge is 0.303 e. The van der Waals surface area contributed by atoms with Crippen LogP contribution in [-0.4, -0.2) is 30.2 Å². The van der Waals surface area contributed by atoms with Gasteiger partial charge in [0.15, 0.2) is 0 Å². The molecule has 0 bridgehead atoms. The van der Waals surface area contributed by atoms with Crippen LogP contribution in [0.1, 0.15) is 36.4 Å². The maximum atomic E-state index is 13.5. The predicted octanol–water partition coefficient (Wildman–Crippen LogP) is 2.47. The van der Waals surface area contributed by atoms with E-state index in [0.29, 0.717) is 25.9 Å². The van der Waals surface area contributed by atoms with Crippen LogP contribution in [0.5, 0.6) is 0 Å². The van der Waals surface area contributed by atoms with Gasteiger partial charge >= 0.3 is 0 Å². The molecule has 0 atom stereocenters. The zero-order valence-corrected chi connectivity index (χ0v) is 8.23. The van der Waals surface area contributed by atoms with E-state index in [1.165, 1.54) is 0 Å². The molecule has 1 saturated heterocycles. The second kappa shape index (κ2) is 3.73. The van der Waals surface area contributed by atoms with Crippen molar-refractivity contribution < 1.29 is 7.13 Å². The van der Waals surface area contributed by atoms with Crippen molar-refractivity contribution in [2.24, 2.45) is 5.92 Å². The Morgan fingerprint density at radius 1 is 1.50 bits per heavy atom. The molecule has 0 saturated carbocycles. The average molecular weight is 175 g/mol. The highest BCUT2D eigenvalue weighted by atomic mass is 19.1. The van der Waals surface area contributed by atoms with E-state index in [-0.39, 0.29) is 5.92 Å². The van der Waals surface area contributed by atoms with Crippen molar-refractivity contribution in [3.63, 3.8) is 0 Å². The molecule has 2 heteroatoms. The lowest BCUT2D eigenvalue weighted by Crippen LogP contribution is -2.41. The van der Waals surface area contributed by atoms with Crippen molar-refractivity contribution in [3.05, 3.63) is 0 Å². The maximum Gasteiger partial charge on any atom is 0.110 e. The lowest BCUT2D eigenvalue weighted by molar-refractivity contribution is 0.0684. The Labute approximate surface area is 77.8 Å². The fraction of sp³-hybridized carbons (Fsp3) is 1.00. The molecule has 0 N–H and O–H groups in total. The van der Waals surface area contributed by atoms with Crippen molar-refractivity contribution >= 4 is 0 Å². The Kier molecular flexibility index (Phi) is 2.27. The second-order valence-electron chi connectivity index (χ2n) is 4.18. The minimum Gasteiger partial charge on any atom is -0.303 e. The molecular formula is C10H20FN. The summed E-state index contributed by atoms with van der Waals surface area (Å²) in [5, 5.41) is 0. The first-order valence-electron chi connectivity index (χ1n) is 5.70. The number of hydrogen-bond donors (Lipinski definition) is 0. The summed E-state index contributed by atoms with van der Waals surface area (Å²) in [4.78, 5) is 1.76. The number of halogens is 1. The Balaban J connectivity index is 2.57. The first kappa shape index (κ1) is 7.31. The molecule has 0 spiro atoms. The van der Waals surface area contributed by atoms with Crippen LogP contribution in [0, 0.1) is 5.92 Å². The van der Waals surface area contributed by atoms with E-state index >= 15 is 0 Å². The number of alkyl halides is 1. The molecule has 0 aromatic heterocycles. The third-order valence-corrected chi connectivity index (χ3v) is 2.25. The Hall–Kier alpha value is -0.110. The summed E-state index contributed by atoms with van der Waals surface area (Å²) in [6, 6.07) is 0. The van der Waals surface area contributed by atoms with Gasteiger partial charge < -0.3 is 4.90 Å². The third kappa shape index (κ3) is 3.10. The highest BCUT2D eigenvalue weighted by Crippen LogP contribution is 2.25. The van der Waals surface area contributed by atoms with Gasteiger partial charge in [0.25, 0.3) is 0 Å². The highest BCUT2D eigenvalue weighted by molar-refractivity contribution is 4.82. The summed E-state index contributed by atoms with van der Waals surface area (Å²) in [6.45, 7) is 5.09. The van der Waals surface area contributed by atoms with Crippen LogP contribution in [-0.2, 0) is 0 Å². The van der Waals surface area contributed by atoms with Crippen LogP contribution in [0.4, 0.5) is 4.39 Å². The van der Waals surface area contributed by atoms with Gasteiger partial charge in [0.1, 0.15) is 5.67 Å². The van der Waals surface area contributed by atoms with Gasteiger partial charge in [-0.05, 0) is 25.7 Å². The number of hydrogen-bond acceptors (Lipinski definition) is 1. The molecule has 0 aliphatic carbocycles. The van der Waals surface area contributed by atoms with Gasteiger partial charge in [-0.2, -0.15) is 0 Å². The fourth-order valence-corrected chi connectivity index (χ4v) is 1.47. The zero-order chi connectivity index (χ0) is 11.0. The summed E-state index contributed by atoms with van der Waals surface area (Å²) in [5.41, 5.74) is -1.09. The van der Waals surface area contributed by atoms with E-state index in [1.54, 1.807) is 11.8 Å². The first-order valence-corrected chi connectivity index (χ1v) is 4.70. The normalized spacial score (nSPS) is 28.4. The van der Waals surface area contributed by atoms with Crippen LogP contribution in [0.3, 0.4) is 0 Å². The summed E-state index contributed by atoms with van der Waals surface area (Å²) in [7, 11) is 0. The quantitative estimate of drug-likeness (QED) is 0.623. The summed E-state index contributed by atoms with van der Waals surface area (Å²) in [5.74, 6) is -0.0496. The summed E-state index contributed by atoms with van der Waals surface area (Å²) < 4.78 is 29.2. The van der Waals surface area contributed by atoms with E-state index in [9.17, 15) is 4.39 Å². The number of rotatable bonds is 2. The van der Waals surface area contributed by atoms with Crippen molar-refractivity contribution in [1.29, 1.82) is 0 Å². The molecule has 1 nitrogen and oxygen atoms in total. The minimum absolute atomic E-state index is 0.0496. The van der Waals surface area contributed by atoms with Crippen molar-refractivity contribution in [3.8, 4) is 0 Å². The molecule has 1 aliphatic heterocycles. The van der Waals surface area contributed by atoms with Crippen LogP contribution >= 0.6 is 0 Å². The van der Waals surface area contributed by atoms with Crippen molar-refractivity contribution in [2.45, 2.75) is 39.3 Å². The molecule has 1 fully saturated rings. The fourth-order valence-electron chi connectivity index (χ4n) is 1.47. The number of nitrogens with zero attached hydrogens (tertiary/aromatic N) is 1. The van der Waals surface area contributed by atoms with Crippen LogP contribution < -0.4 is 0 Å². The Bertz CT molecular complexity index is 194. The van der Waals surface area contributed by atoms with Gasteiger partial charge in [0.05, 0.1) is 0 Å². The summed E-state index contributed by atoms with van der Waals surface area (Å²) >= 11 is 0. The SMILES string of the molecule is [2H]C([2H])(C(C)C)N1CCC(C)(F)CC1. The predicted molar refractivity (Wildman–Crippen MR) is 50.0 cm³/mol. The van der Waals surface area contributed by atoms with E-state index in [0.717, 1.165) is 0 Å². The Morgan fingerprint density at radius 3 is 2.42 bits per heavy atom. The van der Waals surface area contributed by atoms with Gasteiger partial charge in [0.2, 0.25) is 0 Å².